The highest BCUT2D eigenvalue weighted by molar-refractivity contribution is 5.90. The van der Waals surface area contributed by atoms with Crippen LogP contribution in [0.1, 0.15) is 23.2 Å². The Kier molecular flexibility index (Phi) is 6.59. The molecule has 0 saturated carbocycles. The van der Waals surface area contributed by atoms with E-state index in [-0.39, 0.29) is 30.1 Å². The number of nitrogens with one attached hydrogen (secondary N) is 1. The fourth-order valence-electron chi connectivity index (χ4n) is 3.97. The number of aromatic nitrogens is 3. The molecule has 0 bridgehead atoms. The van der Waals surface area contributed by atoms with Crippen LogP contribution in [0.2, 0.25) is 0 Å². The summed E-state index contributed by atoms with van der Waals surface area (Å²) in [4.78, 5) is 25.8. The van der Waals surface area contributed by atoms with Crippen LogP contribution in [0.15, 0.2) is 47.3 Å². The minimum atomic E-state index is -0.387. The summed E-state index contributed by atoms with van der Waals surface area (Å²) >= 11 is 0. The number of benzene rings is 2. The summed E-state index contributed by atoms with van der Waals surface area (Å²) < 4.78 is 27.7. The van der Waals surface area contributed by atoms with Crippen molar-refractivity contribution < 1.29 is 18.7 Å². The maximum absolute atomic E-state index is 13.8. The van der Waals surface area contributed by atoms with Crippen molar-refractivity contribution in [1.82, 2.24) is 14.2 Å². The molecule has 1 N–H and O–H groups in total. The second kappa shape index (κ2) is 9.61. The van der Waals surface area contributed by atoms with Crippen molar-refractivity contribution in [2.45, 2.75) is 26.7 Å². The SMILES string of the molecule is COc1ccc(-c2cc3n(C)c(C)c(CCC(=O)Nc4ccc(C)c(F)c4)c(=O)n3n2)cc1OC. The van der Waals surface area contributed by atoms with Crippen LogP contribution in [0, 0.1) is 19.7 Å². The number of anilines is 1. The minimum Gasteiger partial charge on any atom is -0.493 e. The number of nitrogens with zero attached hydrogens (tertiary/aromatic N) is 3. The van der Waals surface area contributed by atoms with Crippen LogP contribution in [0.25, 0.3) is 16.9 Å². The molecule has 182 valence electrons. The van der Waals surface area contributed by atoms with Gasteiger partial charge >= 0.3 is 0 Å². The topological polar surface area (TPSA) is 86.9 Å². The lowest BCUT2D eigenvalue weighted by atomic mass is 10.1. The summed E-state index contributed by atoms with van der Waals surface area (Å²) in [5.41, 5.74) is 3.84. The third-order valence-corrected chi connectivity index (χ3v) is 6.16. The second-order valence-electron chi connectivity index (χ2n) is 8.31. The van der Waals surface area contributed by atoms with Crippen molar-refractivity contribution in [2.24, 2.45) is 7.05 Å². The smallest absolute Gasteiger partial charge is 0.277 e. The van der Waals surface area contributed by atoms with E-state index < -0.39 is 0 Å². The van der Waals surface area contributed by atoms with E-state index >= 15 is 0 Å². The summed E-state index contributed by atoms with van der Waals surface area (Å²) in [7, 11) is 4.97. The van der Waals surface area contributed by atoms with Gasteiger partial charge in [-0.1, -0.05) is 6.07 Å². The quantitative estimate of drug-likeness (QED) is 0.433. The van der Waals surface area contributed by atoms with E-state index in [2.05, 4.69) is 10.4 Å². The van der Waals surface area contributed by atoms with Crippen LogP contribution in [0.3, 0.4) is 0 Å². The summed E-state index contributed by atoms with van der Waals surface area (Å²) in [6.45, 7) is 3.49. The number of ether oxygens (including phenoxy) is 2. The first-order chi connectivity index (χ1) is 16.7. The first-order valence-corrected chi connectivity index (χ1v) is 11.1. The van der Waals surface area contributed by atoms with Gasteiger partial charge in [-0.25, -0.2) is 4.39 Å². The molecule has 0 spiro atoms. The zero-order valence-corrected chi connectivity index (χ0v) is 20.3. The standard InChI is InChI=1S/C26H27FN4O4/c1-15-6-8-18(13-20(15)27)28-24(32)11-9-19-16(2)30(3)25-14-21(29-31(25)26(19)33)17-7-10-22(34-4)23(12-17)35-5/h6-8,10,12-14H,9,11H2,1-5H3,(H,28,32). The Morgan fingerprint density at radius 3 is 2.49 bits per heavy atom. The Morgan fingerprint density at radius 1 is 1.06 bits per heavy atom. The van der Waals surface area contributed by atoms with E-state index in [0.717, 1.165) is 11.3 Å². The van der Waals surface area contributed by atoms with Gasteiger partial charge in [-0.15, -0.1) is 0 Å². The lowest BCUT2D eigenvalue weighted by molar-refractivity contribution is -0.116. The van der Waals surface area contributed by atoms with E-state index in [1.54, 1.807) is 45.4 Å². The number of aryl methyl sites for hydroxylation is 2. The number of fused-ring (bicyclic) bond motifs is 1. The molecule has 2 aromatic carbocycles. The van der Waals surface area contributed by atoms with Crippen LogP contribution in [-0.4, -0.2) is 34.3 Å². The second-order valence-corrected chi connectivity index (χ2v) is 8.31. The molecule has 2 aromatic heterocycles. The van der Waals surface area contributed by atoms with Gasteiger partial charge in [0.15, 0.2) is 11.5 Å². The molecule has 0 saturated heterocycles. The zero-order valence-electron chi connectivity index (χ0n) is 20.3. The molecule has 1 amide bonds. The number of rotatable bonds is 7. The average molecular weight is 479 g/mol. The number of methoxy groups -OCH3 is 2. The van der Waals surface area contributed by atoms with Gasteiger partial charge < -0.3 is 19.4 Å². The van der Waals surface area contributed by atoms with Crippen LogP contribution in [0.5, 0.6) is 11.5 Å². The summed E-state index contributed by atoms with van der Waals surface area (Å²) in [6.07, 6.45) is 0.293. The van der Waals surface area contributed by atoms with Gasteiger partial charge in [0.2, 0.25) is 5.91 Å². The molecule has 0 aliphatic rings. The lowest BCUT2D eigenvalue weighted by Gasteiger charge is -2.12. The molecular weight excluding hydrogens is 451 g/mol. The number of amides is 1. The maximum atomic E-state index is 13.8. The molecule has 2 heterocycles. The number of hydrogen-bond donors (Lipinski definition) is 1. The van der Waals surface area contributed by atoms with E-state index in [1.807, 2.05) is 30.7 Å². The number of hydrogen-bond acceptors (Lipinski definition) is 5. The number of carbonyl (C=O) groups is 1. The first kappa shape index (κ1) is 24.0. The summed E-state index contributed by atoms with van der Waals surface area (Å²) in [5, 5.41) is 7.22. The Hall–Kier alpha value is -4.14. The molecule has 9 heteroatoms. The van der Waals surface area contributed by atoms with Gasteiger partial charge in [-0.05, 0) is 56.2 Å². The molecule has 8 nitrogen and oxygen atoms in total. The fraction of sp³-hybridized carbons (Fsp3) is 0.269. The largest absolute Gasteiger partial charge is 0.493 e. The van der Waals surface area contributed by atoms with E-state index in [9.17, 15) is 14.0 Å². The summed E-state index contributed by atoms with van der Waals surface area (Å²) in [6, 6.07) is 11.8. The highest BCUT2D eigenvalue weighted by atomic mass is 19.1. The van der Waals surface area contributed by atoms with Crippen molar-refractivity contribution in [3.63, 3.8) is 0 Å². The molecular formula is C26H27FN4O4. The van der Waals surface area contributed by atoms with Crippen molar-refractivity contribution in [3.05, 3.63) is 75.5 Å². The molecule has 0 aliphatic heterocycles. The van der Waals surface area contributed by atoms with Gasteiger partial charge in [-0.3, -0.25) is 9.59 Å². The van der Waals surface area contributed by atoms with Crippen LogP contribution < -0.4 is 20.3 Å². The highest BCUT2D eigenvalue weighted by Gasteiger charge is 2.17. The van der Waals surface area contributed by atoms with Gasteiger partial charge in [0.25, 0.3) is 5.56 Å². The van der Waals surface area contributed by atoms with Crippen molar-refractivity contribution >= 4 is 17.2 Å². The number of halogens is 1. The summed E-state index contributed by atoms with van der Waals surface area (Å²) in [5.74, 6) is 0.466. The Balaban J connectivity index is 1.62. The molecule has 0 radical (unpaired) electrons. The highest BCUT2D eigenvalue weighted by Crippen LogP contribution is 2.32. The molecule has 35 heavy (non-hydrogen) atoms. The fourth-order valence-corrected chi connectivity index (χ4v) is 3.97. The predicted octanol–water partition coefficient (Wildman–Crippen LogP) is 4.04. The van der Waals surface area contributed by atoms with Crippen LogP contribution in [-0.2, 0) is 18.3 Å². The van der Waals surface area contributed by atoms with E-state index in [1.165, 1.54) is 10.6 Å². The third kappa shape index (κ3) is 4.62. The predicted molar refractivity (Wildman–Crippen MR) is 132 cm³/mol. The number of carbonyl (C=O) groups excluding carboxylic acids is 1. The maximum Gasteiger partial charge on any atom is 0.277 e. The third-order valence-electron chi connectivity index (χ3n) is 6.16. The van der Waals surface area contributed by atoms with Crippen LogP contribution in [0.4, 0.5) is 10.1 Å². The Morgan fingerprint density at radius 2 is 1.80 bits per heavy atom. The Bertz CT molecular complexity index is 1490. The molecule has 4 rings (SSSR count). The van der Waals surface area contributed by atoms with Gasteiger partial charge in [0.05, 0.1) is 19.9 Å². The van der Waals surface area contributed by atoms with Gasteiger partial charge in [-0.2, -0.15) is 9.61 Å². The minimum absolute atomic E-state index is 0.0703. The monoisotopic (exact) mass is 478 g/mol. The molecule has 0 unspecified atom stereocenters. The first-order valence-electron chi connectivity index (χ1n) is 11.1. The normalized spacial score (nSPS) is 11.0. The van der Waals surface area contributed by atoms with E-state index in [4.69, 9.17) is 9.47 Å². The van der Waals surface area contributed by atoms with Gasteiger partial charge in [0, 0.05) is 42.0 Å². The van der Waals surface area contributed by atoms with Crippen molar-refractivity contribution in [2.75, 3.05) is 19.5 Å². The van der Waals surface area contributed by atoms with Crippen molar-refractivity contribution in [3.8, 4) is 22.8 Å². The van der Waals surface area contributed by atoms with E-state index in [0.29, 0.717) is 39.7 Å². The van der Waals surface area contributed by atoms with Crippen molar-refractivity contribution in [1.29, 1.82) is 0 Å². The van der Waals surface area contributed by atoms with Crippen LogP contribution >= 0.6 is 0 Å². The average Bonchev–Trinajstić information content (AvgIpc) is 3.30. The molecule has 0 atom stereocenters. The lowest BCUT2D eigenvalue weighted by Crippen LogP contribution is -2.26. The molecule has 0 fully saturated rings. The Labute approximate surface area is 201 Å². The molecule has 0 aliphatic carbocycles. The zero-order chi connectivity index (χ0) is 25.3. The molecule has 4 aromatic rings. The van der Waals surface area contributed by atoms with Gasteiger partial charge in [0.1, 0.15) is 11.5 Å².